The van der Waals surface area contributed by atoms with Crippen molar-refractivity contribution in [3.05, 3.63) is 29.3 Å². The van der Waals surface area contributed by atoms with Gasteiger partial charge in [-0.3, -0.25) is 14.9 Å². The van der Waals surface area contributed by atoms with E-state index in [9.17, 15) is 9.59 Å². The van der Waals surface area contributed by atoms with E-state index in [1.54, 1.807) is 24.3 Å². The molecule has 16 heavy (non-hydrogen) atoms. The molecule has 0 saturated heterocycles. The van der Waals surface area contributed by atoms with Gasteiger partial charge in [-0.25, -0.2) is 0 Å². The molecule has 6 heteroatoms. The number of halogens is 1. The third-order valence-electron chi connectivity index (χ3n) is 1.71. The first-order valence-electron chi connectivity index (χ1n) is 4.56. The van der Waals surface area contributed by atoms with Crippen LogP contribution >= 0.6 is 11.6 Å². The van der Waals surface area contributed by atoms with Gasteiger partial charge in [0.2, 0.25) is 5.91 Å². The lowest BCUT2D eigenvalue weighted by atomic mass is 10.3. The number of carboxylic acid groups (broad SMARTS) is 1. The Bertz CT molecular complexity index is 395. The Morgan fingerprint density at radius 3 is 2.56 bits per heavy atom. The van der Waals surface area contributed by atoms with Crippen molar-refractivity contribution >= 4 is 29.2 Å². The standard InChI is InChI=1S/C10H11ClN2O3/c11-7-3-1-2-4-8(7)13-9(14)5-12-6-10(15)16/h1-4,12H,5-6H2,(H,13,14)(H,15,16). The lowest BCUT2D eigenvalue weighted by molar-refractivity contribution is -0.135. The van der Waals surface area contributed by atoms with Crippen LogP contribution in [0.1, 0.15) is 0 Å². The average Bonchev–Trinajstić information content (AvgIpc) is 2.21. The number of para-hydroxylation sites is 1. The predicted octanol–water partition coefficient (Wildman–Crippen LogP) is 0.953. The van der Waals surface area contributed by atoms with Crippen LogP contribution in [0, 0.1) is 0 Å². The second kappa shape index (κ2) is 6.09. The third-order valence-corrected chi connectivity index (χ3v) is 2.04. The molecular formula is C10H11ClN2O3. The molecule has 0 aliphatic heterocycles. The highest BCUT2D eigenvalue weighted by Gasteiger charge is 2.05. The van der Waals surface area contributed by atoms with Crippen molar-refractivity contribution in [2.24, 2.45) is 0 Å². The Labute approximate surface area is 97.4 Å². The van der Waals surface area contributed by atoms with E-state index in [2.05, 4.69) is 10.6 Å². The predicted molar refractivity (Wildman–Crippen MR) is 60.6 cm³/mol. The zero-order valence-corrected chi connectivity index (χ0v) is 9.12. The number of aliphatic carboxylic acids is 1. The number of carbonyl (C=O) groups excluding carboxylic acids is 1. The monoisotopic (exact) mass is 242 g/mol. The van der Waals surface area contributed by atoms with Gasteiger partial charge >= 0.3 is 5.97 Å². The smallest absolute Gasteiger partial charge is 0.317 e. The van der Waals surface area contributed by atoms with E-state index in [1.807, 2.05) is 0 Å². The van der Waals surface area contributed by atoms with E-state index in [4.69, 9.17) is 16.7 Å². The number of nitrogens with one attached hydrogen (secondary N) is 2. The summed E-state index contributed by atoms with van der Waals surface area (Å²) >= 11 is 5.82. The summed E-state index contributed by atoms with van der Waals surface area (Å²) in [5.74, 6) is -1.35. The molecular weight excluding hydrogens is 232 g/mol. The summed E-state index contributed by atoms with van der Waals surface area (Å²) in [5, 5.41) is 13.8. The van der Waals surface area contributed by atoms with Crippen LogP contribution in [0.15, 0.2) is 24.3 Å². The van der Waals surface area contributed by atoms with Gasteiger partial charge in [0.25, 0.3) is 0 Å². The first-order valence-corrected chi connectivity index (χ1v) is 4.94. The summed E-state index contributed by atoms with van der Waals surface area (Å²) in [6, 6.07) is 6.81. The maximum absolute atomic E-state index is 11.3. The van der Waals surface area contributed by atoms with Gasteiger partial charge in [0.1, 0.15) is 0 Å². The van der Waals surface area contributed by atoms with E-state index in [0.29, 0.717) is 10.7 Å². The molecule has 5 nitrogen and oxygen atoms in total. The van der Waals surface area contributed by atoms with E-state index in [-0.39, 0.29) is 19.0 Å². The van der Waals surface area contributed by atoms with Gasteiger partial charge in [-0.2, -0.15) is 0 Å². The van der Waals surface area contributed by atoms with Crippen LogP contribution in [0.4, 0.5) is 5.69 Å². The molecule has 0 aliphatic rings. The van der Waals surface area contributed by atoms with Crippen LogP contribution in [0.2, 0.25) is 5.02 Å². The summed E-state index contributed by atoms with van der Waals surface area (Å²) in [6.07, 6.45) is 0. The maximum atomic E-state index is 11.3. The van der Waals surface area contributed by atoms with Crippen LogP contribution in [0.25, 0.3) is 0 Å². The number of rotatable bonds is 5. The molecule has 0 bridgehead atoms. The number of hydrogen-bond donors (Lipinski definition) is 3. The molecule has 1 aromatic carbocycles. The molecule has 1 amide bonds. The fraction of sp³-hybridized carbons (Fsp3) is 0.200. The highest BCUT2D eigenvalue weighted by atomic mass is 35.5. The minimum absolute atomic E-state index is 0.0719. The summed E-state index contributed by atoms with van der Waals surface area (Å²) in [5.41, 5.74) is 0.506. The van der Waals surface area contributed by atoms with Crippen molar-refractivity contribution in [3.63, 3.8) is 0 Å². The Morgan fingerprint density at radius 2 is 1.94 bits per heavy atom. The number of hydrogen-bond acceptors (Lipinski definition) is 3. The second-order valence-corrected chi connectivity index (χ2v) is 3.43. The molecule has 0 heterocycles. The summed E-state index contributed by atoms with van der Waals surface area (Å²) < 4.78 is 0. The highest BCUT2D eigenvalue weighted by Crippen LogP contribution is 2.19. The minimum Gasteiger partial charge on any atom is -0.480 e. The molecule has 0 saturated carbocycles. The van der Waals surface area contributed by atoms with Crippen molar-refractivity contribution in [2.45, 2.75) is 0 Å². The molecule has 0 atom stereocenters. The Kier molecular flexibility index (Phi) is 4.75. The zero-order chi connectivity index (χ0) is 12.0. The van der Waals surface area contributed by atoms with Gasteiger partial charge in [0, 0.05) is 0 Å². The Balaban J connectivity index is 2.40. The van der Waals surface area contributed by atoms with E-state index < -0.39 is 5.97 Å². The van der Waals surface area contributed by atoms with Crippen LogP contribution in [-0.2, 0) is 9.59 Å². The van der Waals surface area contributed by atoms with Gasteiger partial charge < -0.3 is 10.4 Å². The molecule has 86 valence electrons. The summed E-state index contributed by atoms with van der Waals surface area (Å²) in [4.78, 5) is 21.5. The van der Waals surface area contributed by atoms with Crippen molar-refractivity contribution in [3.8, 4) is 0 Å². The number of benzene rings is 1. The maximum Gasteiger partial charge on any atom is 0.317 e. The van der Waals surface area contributed by atoms with Crippen molar-refractivity contribution in [2.75, 3.05) is 18.4 Å². The topological polar surface area (TPSA) is 78.4 Å². The molecule has 3 N–H and O–H groups in total. The fourth-order valence-electron chi connectivity index (χ4n) is 1.04. The molecule has 0 aliphatic carbocycles. The van der Waals surface area contributed by atoms with Gasteiger partial charge in [0.15, 0.2) is 0 Å². The molecule has 0 spiro atoms. The number of anilines is 1. The van der Waals surface area contributed by atoms with Crippen LogP contribution in [-0.4, -0.2) is 30.1 Å². The summed E-state index contributed by atoms with van der Waals surface area (Å²) in [6.45, 7) is -0.326. The normalized spacial score (nSPS) is 9.81. The molecule has 1 aromatic rings. The zero-order valence-electron chi connectivity index (χ0n) is 8.37. The number of carbonyl (C=O) groups is 2. The van der Waals surface area contributed by atoms with Gasteiger partial charge in [0.05, 0.1) is 23.8 Å². The molecule has 0 aromatic heterocycles. The third kappa shape index (κ3) is 4.29. The molecule has 1 rings (SSSR count). The number of amides is 1. The minimum atomic E-state index is -1.01. The fourth-order valence-corrected chi connectivity index (χ4v) is 1.22. The van der Waals surface area contributed by atoms with Crippen molar-refractivity contribution < 1.29 is 14.7 Å². The first-order chi connectivity index (χ1) is 7.59. The van der Waals surface area contributed by atoms with Gasteiger partial charge in [-0.1, -0.05) is 23.7 Å². The van der Waals surface area contributed by atoms with E-state index in [0.717, 1.165) is 0 Å². The highest BCUT2D eigenvalue weighted by molar-refractivity contribution is 6.33. The lowest BCUT2D eigenvalue weighted by Crippen LogP contribution is -2.31. The molecule has 0 radical (unpaired) electrons. The van der Waals surface area contributed by atoms with Gasteiger partial charge in [-0.15, -0.1) is 0 Å². The lowest BCUT2D eigenvalue weighted by Gasteiger charge is -2.06. The van der Waals surface area contributed by atoms with E-state index >= 15 is 0 Å². The Morgan fingerprint density at radius 1 is 1.25 bits per heavy atom. The average molecular weight is 243 g/mol. The quantitative estimate of drug-likeness (QED) is 0.719. The molecule has 0 unspecified atom stereocenters. The van der Waals surface area contributed by atoms with Crippen LogP contribution in [0.3, 0.4) is 0 Å². The van der Waals surface area contributed by atoms with Crippen molar-refractivity contribution in [1.29, 1.82) is 0 Å². The largest absolute Gasteiger partial charge is 0.480 e. The first kappa shape index (κ1) is 12.5. The molecule has 0 fully saturated rings. The summed E-state index contributed by atoms with van der Waals surface area (Å²) in [7, 11) is 0. The van der Waals surface area contributed by atoms with Crippen molar-refractivity contribution in [1.82, 2.24) is 5.32 Å². The Hall–Kier alpha value is -1.59. The SMILES string of the molecule is O=C(O)CNCC(=O)Nc1ccccc1Cl. The van der Waals surface area contributed by atoms with Crippen LogP contribution in [0.5, 0.6) is 0 Å². The second-order valence-electron chi connectivity index (χ2n) is 3.03. The number of carboxylic acids is 1. The van der Waals surface area contributed by atoms with E-state index in [1.165, 1.54) is 0 Å². The van der Waals surface area contributed by atoms with Gasteiger partial charge in [-0.05, 0) is 12.1 Å². The van der Waals surface area contributed by atoms with Crippen LogP contribution < -0.4 is 10.6 Å².